The molecule has 1 aliphatic heterocycles. The maximum atomic E-state index is 13.2. The zero-order chi connectivity index (χ0) is 21.4. The summed E-state index contributed by atoms with van der Waals surface area (Å²) in [4.78, 5) is 28.7. The number of allylic oxidation sites excluding steroid dienone is 4. The van der Waals surface area contributed by atoms with Gasteiger partial charge in [0.25, 0.3) is 0 Å². The molecule has 3 aliphatic rings. The highest BCUT2D eigenvalue weighted by atomic mass is 16.3. The minimum absolute atomic E-state index is 0.115. The fourth-order valence-electron chi connectivity index (χ4n) is 5.41. The van der Waals surface area contributed by atoms with Gasteiger partial charge in [0.15, 0.2) is 11.6 Å². The van der Waals surface area contributed by atoms with Gasteiger partial charge in [0.05, 0.1) is 0 Å². The number of nitrogens with zero attached hydrogens (tertiary/aromatic N) is 1. The Kier molecular flexibility index (Phi) is 5.23. The molecule has 1 heterocycles. The van der Waals surface area contributed by atoms with Gasteiger partial charge in [0.2, 0.25) is 0 Å². The number of carbonyl (C=O) groups excluding carboxylic acids is 2. The Labute approximate surface area is 182 Å². The van der Waals surface area contributed by atoms with Crippen LogP contribution in [0, 0.1) is 0 Å². The Morgan fingerprint density at radius 2 is 1.35 bits per heavy atom. The summed E-state index contributed by atoms with van der Waals surface area (Å²) >= 11 is 0. The molecular formula is C27H27NO3. The van der Waals surface area contributed by atoms with Gasteiger partial charge in [-0.15, -0.1) is 0 Å². The van der Waals surface area contributed by atoms with E-state index in [0.29, 0.717) is 18.4 Å². The van der Waals surface area contributed by atoms with Crippen LogP contribution in [0.5, 0.6) is 5.75 Å². The van der Waals surface area contributed by atoms with Crippen molar-refractivity contribution in [1.82, 2.24) is 4.90 Å². The first-order valence-electron chi connectivity index (χ1n) is 11.3. The molecule has 0 fully saturated rings. The van der Waals surface area contributed by atoms with Crippen LogP contribution in [0.1, 0.15) is 55.6 Å². The number of hydrogen-bond donors (Lipinski definition) is 1. The average Bonchev–Trinajstić information content (AvgIpc) is 2.79. The number of aromatic hydroxyl groups is 1. The first kappa shape index (κ1) is 19.8. The van der Waals surface area contributed by atoms with Crippen LogP contribution in [-0.2, 0) is 16.0 Å². The largest absolute Gasteiger partial charge is 0.508 e. The van der Waals surface area contributed by atoms with Crippen molar-refractivity contribution in [2.24, 2.45) is 0 Å². The molecule has 0 bridgehead atoms. The molecule has 2 aromatic carbocycles. The van der Waals surface area contributed by atoms with Crippen molar-refractivity contribution in [3.05, 3.63) is 88.3 Å². The quantitative estimate of drug-likeness (QED) is 0.762. The summed E-state index contributed by atoms with van der Waals surface area (Å²) in [7, 11) is 0. The molecule has 0 atom stereocenters. The molecule has 4 nitrogen and oxygen atoms in total. The van der Waals surface area contributed by atoms with Gasteiger partial charge < -0.3 is 10.0 Å². The van der Waals surface area contributed by atoms with Gasteiger partial charge in [-0.3, -0.25) is 9.59 Å². The second kappa shape index (κ2) is 8.18. The summed E-state index contributed by atoms with van der Waals surface area (Å²) in [6, 6.07) is 17.5. The minimum Gasteiger partial charge on any atom is -0.508 e. The smallest absolute Gasteiger partial charge is 0.161 e. The van der Waals surface area contributed by atoms with Gasteiger partial charge in [-0.25, -0.2) is 0 Å². The fraction of sp³-hybridized carbons (Fsp3) is 0.333. The highest BCUT2D eigenvalue weighted by molar-refractivity contribution is 6.06. The van der Waals surface area contributed by atoms with Crippen molar-refractivity contribution in [3.8, 4) is 5.75 Å². The van der Waals surface area contributed by atoms with E-state index in [1.165, 1.54) is 5.56 Å². The van der Waals surface area contributed by atoms with Gasteiger partial charge in [0.1, 0.15) is 5.75 Å². The van der Waals surface area contributed by atoms with E-state index in [1.807, 2.05) is 30.3 Å². The van der Waals surface area contributed by atoms with Gasteiger partial charge in [-0.05, 0) is 43.7 Å². The number of phenols is 1. The van der Waals surface area contributed by atoms with Crippen molar-refractivity contribution in [2.45, 2.75) is 50.9 Å². The standard InChI is InChI=1S/C27H27NO3/c29-22-13-5-4-10-19(22)25-26-20(11-6-14-23(26)30)28(17-16-18-8-2-1-3-9-18)21-12-7-15-24(31)27(21)25/h1-5,8-10,13,25,29H,6-7,11-12,14-17H2. The van der Waals surface area contributed by atoms with Crippen LogP contribution in [0.2, 0.25) is 0 Å². The van der Waals surface area contributed by atoms with Crippen LogP contribution in [0.3, 0.4) is 0 Å². The molecule has 4 heteroatoms. The molecule has 2 aromatic rings. The molecule has 0 saturated heterocycles. The van der Waals surface area contributed by atoms with Gasteiger partial charge in [-0.2, -0.15) is 0 Å². The lowest BCUT2D eigenvalue weighted by Crippen LogP contribution is -2.39. The molecule has 0 saturated carbocycles. The zero-order valence-corrected chi connectivity index (χ0v) is 17.6. The summed E-state index contributed by atoms with van der Waals surface area (Å²) in [5.41, 5.74) is 5.52. The minimum atomic E-state index is -0.445. The number of phenolic OH excluding ortho intramolecular Hbond substituents is 1. The maximum absolute atomic E-state index is 13.2. The average molecular weight is 414 g/mol. The number of hydrogen-bond acceptors (Lipinski definition) is 4. The van der Waals surface area contributed by atoms with E-state index in [2.05, 4.69) is 17.0 Å². The van der Waals surface area contributed by atoms with Crippen LogP contribution in [0.15, 0.2) is 77.1 Å². The number of rotatable bonds is 4. The SMILES string of the molecule is O=C1CCCC2=C1C(c1ccccc1O)C1=C(CCCC1=O)N2CCc1ccccc1. The van der Waals surface area contributed by atoms with Crippen LogP contribution in [0.25, 0.3) is 0 Å². The van der Waals surface area contributed by atoms with Crippen molar-refractivity contribution >= 4 is 11.6 Å². The predicted octanol–water partition coefficient (Wildman–Crippen LogP) is 5.05. The van der Waals surface area contributed by atoms with Crippen LogP contribution in [-0.4, -0.2) is 28.1 Å². The van der Waals surface area contributed by atoms with Crippen molar-refractivity contribution in [1.29, 1.82) is 0 Å². The van der Waals surface area contributed by atoms with Gasteiger partial charge in [0, 0.05) is 53.4 Å². The van der Waals surface area contributed by atoms with Crippen molar-refractivity contribution in [2.75, 3.05) is 6.54 Å². The Balaban J connectivity index is 1.65. The Morgan fingerprint density at radius 3 is 1.97 bits per heavy atom. The number of carbonyl (C=O) groups is 2. The molecule has 158 valence electrons. The normalized spacial score (nSPS) is 19.5. The molecule has 0 unspecified atom stereocenters. The second-order valence-corrected chi connectivity index (χ2v) is 8.65. The molecule has 2 aliphatic carbocycles. The summed E-state index contributed by atoms with van der Waals surface area (Å²) in [6.07, 6.45) is 5.22. The fourth-order valence-corrected chi connectivity index (χ4v) is 5.41. The van der Waals surface area contributed by atoms with Crippen molar-refractivity contribution in [3.63, 3.8) is 0 Å². The number of para-hydroxylation sites is 1. The summed E-state index contributed by atoms with van der Waals surface area (Å²) in [6.45, 7) is 0.760. The van der Waals surface area contributed by atoms with Crippen LogP contribution < -0.4 is 0 Å². The molecule has 1 N–H and O–H groups in total. The lowest BCUT2D eigenvalue weighted by atomic mass is 9.70. The zero-order valence-electron chi connectivity index (χ0n) is 17.6. The van der Waals surface area contributed by atoms with E-state index >= 15 is 0 Å². The van der Waals surface area contributed by atoms with E-state index in [0.717, 1.165) is 61.2 Å². The third-order valence-corrected chi connectivity index (χ3v) is 6.80. The third kappa shape index (κ3) is 3.50. The second-order valence-electron chi connectivity index (χ2n) is 8.65. The topological polar surface area (TPSA) is 57.6 Å². The summed E-state index contributed by atoms with van der Waals surface area (Å²) in [5.74, 6) is -0.0614. The number of Topliss-reactive ketones (excluding diaryl/α,β-unsaturated/α-hetero) is 2. The monoisotopic (exact) mass is 413 g/mol. The highest BCUT2D eigenvalue weighted by Crippen LogP contribution is 2.50. The molecule has 31 heavy (non-hydrogen) atoms. The van der Waals surface area contributed by atoms with E-state index < -0.39 is 5.92 Å². The van der Waals surface area contributed by atoms with Crippen molar-refractivity contribution < 1.29 is 14.7 Å². The van der Waals surface area contributed by atoms with E-state index in [-0.39, 0.29) is 17.3 Å². The Morgan fingerprint density at radius 1 is 0.774 bits per heavy atom. The molecule has 0 radical (unpaired) electrons. The van der Waals surface area contributed by atoms with Crippen LogP contribution in [0.4, 0.5) is 0 Å². The number of ketones is 2. The third-order valence-electron chi connectivity index (χ3n) is 6.80. The Bertz CT molecular complexity index is 1050. The first-order valence-corrected chi connectivity index (χ1v) is 11.3. The van der Waals surface area contributed by atoms with E-state index in [1.54, 1.807) is 12.1 Å². The predicted molar refractivity (Wildman–Crippen MR) is 119 cm³/mol. The van der Waals surface area contributed by atoms with Gasteiger partial charge >= 0.3 is 0 Å². The van der Waals surface area contributed by atoms with Gasteiger partial charge in [-0.1, -0.05) is 48.5 Å². The molecule has 0 aromatic heterocycles. The van der Waals surface area contributed by atoms with Crippen LogP contribution >= 0.6 is 0 Å². The molecule has 0 amide bonds. The lowest BCUT2D eigenvalue weighted by Gasteiger charge is -2.44. The van der Waals surface area contributed by atoms with E-state index in [9.17, 15) is 14.7 Å². The molecule has 0 spiro atoms. The van der Waals surface area contributed by atoms with E-state index in [4.69, 9.17) is 0 Å². The summed E-state index contributed by atoms with van der Waals surface area (Å²) < 4.78 is 0. The molecular weight excluding hydrogens is 386 g/mol. The highest BCUT2D eigenvalue weighted by Gasteiger charge is 2.43. The first-order chi connectivity index (χ1) is 15.1. The summed E-state index contributed by atoms with van der Waals surface area (Å²) in [5, 5.41) is 10.7. The lowest BCUT2D eigenvalue weighted by molar-refractivity contribution is -0.117. The maximum Gasteiger partial charge on any atom is 0.161 e. The molecule has 5 rings (SSSR count). The number of benzene rings is 2. The Hall–Kier alpha value is -3.14.